The highest BCUT2D eigenvalue weighted by molar-refractivity contribution is 7.17. The third-order valence-corrected chi connectivity index (χ3v) is 6.27. The number of carbonyl (C=O) groups is 2. The van der Waals surface area contributed by atoms with Gasteiger partial charge in [-0.3, -0.25) is 9.78 Å². The van der Waals surface area contributed by atoms with Crippen molar-refractivity contribution >= 4 is 28.2 Å². The fourth-order valence-corrected chi connectivity index (χ4v) is 4.99. The third-order valence-electron chi connectivity index (χ3n) is 5.10. The van der Waals surface area contributed by atoms with Gasteiger partial charge in [0.2, 0.25) is 0 Å². The number of pyridine rings is 1. The molecule has 0 aliphatic heterocycles. The molecule has 1 atom stereocenters. The average Bonchev–Trinajstić information content (AvgIpc) is 3.11. The maximum Gasteiger partial charge on any atom is 0.341 e. The first kappa shape index (κ1) is 18.4. The van der Waals surface area contributed by atoms with Gasteiger partial charge in [0.15, 0.2) is 0 Å². The molecule has 0 saturated carbocycles. The molecule has 0 bridgehead atoms. The normalized spacial score (nSPS) is 15.5. The number of esters is 1. The first-order valence-electron chi connectivity index (χ1n) is 9.16. The lowest BCUT2D eigenvalue weighted by Crippen LogP contribution is -2.16. The van der Waals surface area contributed by atoms with Crippen LogP contribution in [0.4, 0.5) is 5.00 Å². The second-order valence-electron chi connectivity index (χ2n) is 6.74. The van der Waals surface area contributed by atoms with Crippen LogP contribution in [0.2, 0.25) is 0 Å². The summed E-state index contributed by atoms with van der Waals surface area (Å²) in [5.74, 6) is -0.243. The molecule has 3 aromatic rings. The molecule has 1 aromatic carbocycles. The van der Waals surface area contributed by atoms with Gasteiger partial charge in [-0.1, -0.05) is 30.3 Å². The Labute approximate surface area is 167 Å². The third kappa shape index (κ3) is 3.55. The van der Waals surface area contributed by atoms with Gasteiger partial charge >= 0.3 is 5.97 Å². The van der Waals surface area contributed by atoms with Crippen molar-refractivity contribution in [3.8, 4) is 0 Å². The Hall–Kier alpha value is -2.99. The molecule has 0 fully saturated rings. The number of hydrogen-bond donors (Lipinski definition) is 1. The van der Waals surface area contributed by atoms with E-state index in [1.165, 1.54) is 24.0 Å². The highest BCUT2D eigenvalue weighted by atomic mass is 32.1. The number of rotatable bonds is 4. The lowest BCUT2D eigenvalue weighted by Gasteiger charge is -2.22. The van der Waals surface area contributed by atoms with Gasteiger partial charge in [0.05, 0.1) is 12.7 Å². The predicted octanol–water partition coefficient (Wildman–Crippen LogP) is 4.45. The molecular formula is C22H20N2O3S. The number of thiophene rings is 1. The molecule has 1 aliphatic rings. The van der Waals surface area contributed by atoms with Crippen LogP contribution in [0.25, 0.3) is 0 Å². The number of hydrogen-bond acceptors (Lipinski definition) is 5. The lowest BCUT2D eigenvalue weighted by molar-refractivity contribution is 0.0601. The van der Waals surface area contributed by atoms with Crippen LogP contribution in [0, 0.1) is 0 Å². The SMILES string of the molecule is COC(=O)c1c(NC(=O)c2ccncc2)sc2c1CCC(c1ccccc1)C2. The second kappa shape index (κ2) is 7.94. The van der Waals surface area contributed by atoms with Crippen molar-refractivity contribution in [1.29, 1.82) is 0 Å². The number of benzene rings is 1. The Bertz CT molecular complexity index is 999. The van der Waals surface area contributed by atoms with Crippen LogP contribution in [0.1, 0.15) is 49.1 Å². The molecule has 0 spiro atoms. The van der Waals surface area contributed by atoms with Crippen molar-refractivity contribution < 1.29 is 14.3 Å². The van der Waals surface area contributed by atoms with E-state index in [2.05, 4.69) is 34.6 Å². The molecule has 1 N–H and O–H groups in total. The summed E-state index contributed by atoms with van der Waals surface area (Å²) in [6.45, 7) is 0. The summed E-state index contributed by atoms with van der Waals surface area (Å²) in [6.07, 6.45) is 5.76. The fourth-order valence-electron chi connectivity index (χ4n) is 3.68. The maximum atomic E-state index is 12.6. The maximum absolute atomic E-state index is 12.6. The summed E-state index contributed by atoms with van der Waals surface area (Å²) in [4.78, 5) is 30.1. The van der Waals surface area contributed by atoms with Gasteiger partial charge in [-0.15, -0.1) is 11.3 Å². The van der Waals surface area contributed by atoms with Crippen LogP contribution in [0.3, 0.4) is 0 Å². The minimum absolute atomic E-state index is 0.259. The summed E-state index contributed by atoms with van der Waals surface area (Å²) < 4.78 is 5.01. The molecule has 2 heterocycles. The number of ether oxygens (including phenoxy) is 1. The van der Waals surface area contributed by atoms with E-state index in [-0.39, 0.29) is 5.91 Å². The van der Waals surface area contributed by atoms with E-state index in [4.69, 9.17) is 4.74 Å². The van der Waals surface area contributed by atoms with Crippen molar-refractivity contribution in [2.75, 3.05) is 12.4 Å². The van der Waals surface area contributed by atoms with Gasteiger partial charge in [-0.25, -0.2) is 4.79 Å². The predicted molar refractivity (Wildman–Crippen MR) is 109 cm³/mol. The van der Waals surface area contributed by atoms with Crippen LogP contribution >= 0.6 is 11.3 Å². The molecule has 1 aliphatic carbocycles. The molecule has 1 amide bonds. The average molecular weight is 392 g/mol. The Kier molecular flexibility index (Phi) is 5.21. The van der Waals surface area contributed by atoms with E-state index >= 15 is 0 Å². The molecule has 6 heteroatoms. The highest BCUT2D eigenvalue weighted by Gasteiger charge is 2.30. The Balaban J connectivity index is 1.65. The highest BCUT2D eigenvalue weighted by Crippen LogP contribution is 2.42. The molecule has 0 saturated heterocycles. The van der Waals surface area contributed by atoms with E-state index in [0.29, 0.717) is 22.0 Å². The van der Waals surface area contributed by atoms with Crippen LogP contribution in [-0.4, -0.2) is 24.0 Å². The zero-order valence-electron chi connectivity index (χ0n) is 15.5. The first-order chi connectivity index (χ1) is 13.7. The number of carbonyl (C=O) groups excluding carboxylic acids is 2. The van der Waals surface area contributed by atoms with Crippen LogP contribution in [0.15, 0.2) is 54.9 Å². The van der Waals surface area contributed by atoms with E-state index in [9.17, 15) is 9.59 Å². The van der Waals surface area contributed by atoms with Crippen molar-refractivity contribution in [3.63, 3.8) is 0 Å². The van der Waals surface area contributed by atoms with Gasteiger partial charge in [0, 0.05) is 22.8 Å². The van der Waals surface area contributed by atoms with Crippen LogP contribution in [-0.2, 0) is 17.6 Å². The quantitative estimate of drug-likeness (QED) is 0.666. The van der Waals surface area contributed by atoms with Crippen molar-refractivity contribution in [2.45, 2.75) is 25.2 Å². The smallest absolute Gasteiger partial charge is 0.341 e. The zero-order valence-corrected chi connectivity index (χ0v) is 16.3. The topological polar surface area (TPSA) is 68.3 Å². The van der Waals surface area contributed by atoms with Crippen LogP contribution in [0.5, 0.6) is 0 Å². The molecule has 4 rings (SSSR count). The standard InChI is InChI=1S/C22H20N2O3S/c1-27-22(26)19-17-8-7-16(14-5-3-2-4-6-14)13-18(17)28-21(19)24-20(25)15-9-11-23-12-10-15/h2-6,9-12,16H,7-8,13H2,1H3,(H,24,25). The number of nitrogens with zero attached hydrogens (tertiary/aromatic N) is 1. The van der Waals surface area contributed by atoms with E-state index in [1.54, 1.807) is 24.5 Å². The number of anilines is 1. The molecule has 142 valence electrons. The van der Waals surface area contributed by atoms with Gasteiger partial charge in [0.1, 0.15) is 5.00 Å². The van der Waals surface area contributed by atoms with E-state index in [1.807, 2.05) is 6.07 Å². The van der Waals surface area contributed by atoms with Crippen LogP contribution < -0.4 is 5.32 Å². The molecular weight excluding hydrogens is 372 g/mol. The lowest BCUT2D eigenvalue weighted by atomic mass is 9.83. The second-order valence-corrected chi connectivity index (χ2v) is 7.85. The first-order valence-corrected chi connectivity index (χ1v) is 9.98. The summed E-state index contributed by atoms with van der Waals surface area (Å²) in [6, 6.07) is 13.7. The Morgan fingerprint density at radius 2 is 1.89 bits per heavy atom. The fraction of sp³-hybridized carbons (Fsp3) is 0.227. The number of fused-ring (bicyclic) bond motifs is 1. The molecule has 28 heavy (non-hydrogen) atoms. The van der Waals surface area contributed by atoms with E-state index < -0.39 is 5.97 Å². The molecule has 2 aromatic heterocycles. The molecule has 5 nitrogen and oxygen atoms in total. The zero-order chi connectivity index (χ0) is 19.5. The summed E-state index contributed by atoms with van der Waals surface area (Å²) in [5, 5.41) is 3.47. The summed E-state index contributed by atoms with van der Waals surface area (Å²) in [5.41, 5.74) is 3.31. The monoisotopic (exact) mass is 392 g/mol. The number of amides is 1. The van der Waals surface area contributed by atoms with E-state index in [0.717, 1.165) is 29.7 Å². The number of methoxy groups -OCH3 is 1. The van der Waals surface area contributed by atoms with Crippen molar-refractivity contribution in [2.24, 2.45) is 0 Å². The minimum atomic E-state index is -0.402. The van der Waals surface area contributed by atoms with Gasteiger partial charge < -0.3 is 10.1 Å². The number of aromatic nitrogens is 1. The summed E-state index contributed by atoms with van der Waals surface area (Å²) in [7, 11) is 1.37. The largest absolute Gasteiger partial charge is 0.465 e. The van der Waals surface area contributed by atoms with Gasteiger partial charge in [0.25, 0.3) is 5.91 Å². The Morgan fingerprint density at radius 1 is 1.14 bits per heavy atom. The van der Waals surface area contributed by atoms with Crippen molar-refractivity contribution in [1.82, 2.24) is 4.98 Å². The van der Waals surface area contributed by atoms with Gasteiger partial charge in [-0.05, 0) is 48.4 Å². The summed E-state index contributed by atoms with van der Waals surface area (Å²) >= 11 is 1.48. The minimum Gasteiger partial charge on any atom is -0.465 e. The molecule has 1 unspecified atom stereocenters. The van der Waals surface area contributed by atoms with Crippen molar-refractivity contribution in [3.05, 3.63) is 82.0 Å². The Morgan fingerprint density at radius 3 is 2.61 bits per heavy atom. The molecule has 0 radical (unpaired) electrons. The number of nitrogens with one attached hydrogen (secondary N) is 1. The van der Waals surface area contributed by atoms with Gasteiger partial charge in [-0.2, -0.15) is 0 Å².